The van der Waals surface area contributed by atoms with E-state index in [2.05, 4.69) is 49.4 Å². The van der Waals surface area contributed by atoms with Gasteiger partial charge in [-0.15, -0.1) is 0 Å². The van der Waals surface area contributed by atoms with Crippen molar-refractivity contribution in [3.8, 4) is 11.8 Å². The molecule has 2 aliphatic rings. The molecule has 0 aromatic heterocycles. The highest BCUT2D eigenvalue weighted by Crippen LogP contribution is 2.44. The predicted molar refractivity (Wildman–Crippen MR) is 107 cm³/mol. The van der Waals surface area contributed by atoms with Crippen molar-refractivity contribution in [2.75, 3.05) is 20.3 Å². The fourth-order valence-corrected chi connectivity index (χ4v) is 4.76. The van der Waals surface area contributed by atoms with Gasteiger partial charge in [-0.3, -0.25) is 0 Å². The number of aryl methyl sites for hydroxylation is 2. The zero-order chi connectivity index (χ0) is 19.5. The van der Waals surface area contributed by atoms with Crippen molar-refractivity contribution in [3.63, 3.8) is 0 Å². The van der Waals surface area contributed by atoms with E-state index in [0.717, 1.165) is 30.6 Å². The third-order valence-corrected chi connectivity index (χ3v) is 6.10. The van der Waals surface area contributed by atoms with Gasteiger partial charge in [0.25, 0.3) is 0 Å². The van der Waals surface area contributed by atoms with Crippen molar-refractivity contribution in [2.24, 2.45) is 11.8 Å². The Bertz CT molecular complexity index is 866. The van der Waals surface area contributed by atoms with Crippen molar-refractivity contribution in [3.05, 3.63) is 64.7 Å². The summed E-state index contributed by atoms with van der Waals surface area (Å²) in [5.41, 5.74) is 4.89. The lowest BCUT2D eigenvalue weighted by atomic mass is 9.68. The molecule has 1 saturated heterocycles. The third-order valence-electron chi connectivity index (χ3n) is 6.10. The summed E-state index contributed by atoms with van der Waals surface area (Å²) >= 11 is 0. The number of benzene rings is 2. The molecular weight excluding hydrogens is 350 g/mol. The van der Waals surface area contributed by atoms with Crippen molar-refractivity contribution in [1.29, 1.82) is 5.26 Å². The summed E-state index contributed by atoms with van der Waals surface area (Å²) in [4.78, 5) is 0. The zero-order valence-corrected chi connectivity index (χ0v) is 16.6. The topological polar surface area (TPSA) is 51.5 Å². The molecule has 0 saturated carbocycles. The molecule has 0 spiro atoms. The molecule has 3 atom stereocenters. The summed E-state index contributed by atoms with van der Waals surface area (Å²) in [5, 5.41) is 10.1. The van der Waals surface area contributed by atoms with E-state index in [-0.39, 0.29) is 24.0 Å². The number of hydrogen-bond acceptors (Lipinski definition) is 4. The molecule has 146 valence electrons. The van der Waals surface area contributed by atoms with E-state index in [1.54, 1.807) is 7.11 Å². The van der Waals surface area contributed by atoms with E-state index in [1.807, 2.05) is 6.07 Å². The fourth-order valence-electron chi connectivity index (χ4n) is 4.76. The fraction of sp³-hybridized carbons (Fsp3) is 0.458. The second kappa shape index (κ2) is 8.34. The van der Waals surface area contributed by atoms with Gasteiger partial charge >= 0.3 is 0 Å². The Morgan fingerprint density at radius 3 is 2.71 bits per heavy atom. The molecule has 1 fully saturated rings. The minimum Gasteiger partial charge on any atom is -0.497 e. The lowest BCUT2D eigenvalue weighted by molar-refractivity contribution is -0.102. The highest BCUT2D eigenvalue weighted by atomic mass is 16.7. The van der Waals surface area contributed by atoms with E-state index in [1.165, 1.54) is 16.7 Å². The van der Waals surface area contributed by atoms with Crippen LogP contribution in [0, 0.1) is 30.1 Å². The zero-order valence-electron chi connectivity index (χ0n) is 16.6. The van der Waals surface area contributed by atoms with Gasteiger partial charge in [-0.05, 0) is 60.9 Å². The molecule has 2 aromatic rings. The molecule has 1 heterocycles. The Morgan fingerprint density at radius 2 is 2.00 bits per heavy atom. The molecule has 1 aliphatic carbocycles. The third kappa shape index (κ3) is 3.78. The molecule has 0 bridgehead atoms. The minimum absolute atomic E-state index is 0.155. The van der Waals surface area contributed by atoms with E-state index in [9.17, 15) is 5.26 Å². The minimum atomic E-state index is -0.235. The van der Waals surface area contributed by atoms with Crippen LogP contribution in [0.4, 0.5) is 0 Å². The average molecular weight is 377 g/mol. The molecule has 4 nitrogen and oxygen atoms in total. The number of nitriles is 1. The van der Waals surface area contributed by atoms with Crippen molar-refractivity contribution in [2.45, 2.75) is 38.4 Å². The first-order chi connectivity index (χ1) is 13.7. The predicted octanol–water partition coefficient (Wildman–Crippen LogP) is 4.41. The van der Waals surface area contributed by atoms with Crippen LogP contribution in [0.5, 0.6) is 5.75 Å². The average Bonchev–Trinajstić information content (AvgIpc) is 3.25. The van der Waals surface area contributed by atoms with E-state index in [0.29, 0.717) is 13.2 Å². The smallest absolute Gasteiger partial charge is 0.161 e. The first-order valence-electron chi connectivity index (χ1n) is 10.0. The van der Waals surface area contributed by atoms with Crippen LogP contribution in [0.3, 0.4) is 0 Å². The van der Waals surface area contributed by atoms with Gasteiger partial charge in [0, 0.05) is 5.92 Å². The SMILES string of the molecule is COc1ccc2c(c1)CCC(C(Cc1cccc(C)c1)C1OCCO1)C2C#N. The van der Waals surface area contributed by atoms with Crippen LogP contribution >= 0.6 is 0 Å². The number of methoxy groups -OCH3 is 1. The highest BCUT2D eigenvalue weighted by Gasteiger charge is 2.41. The molecule has 0 radical (unpaired) electrons. The van der Waals surface area contributed by atoms with E-state index >= 15 is 0 Å². The van der Waals surface area contributed by atoms with Crippen LogP contribution in [-0.4, -0.2) is 26.6 Å². The Balaban J connectivity index is 1.66. The summed E-state index contributed by atoms with van der Waals surface area (Å²) in [6.45, 7) is 3.38. The van der Waals surface area contributed by atoms with Gasteiger partial charge in [-0.25, -0.2) is 0 Å². The van der Waals surface area contributed by atoms with E-state index < -0.39 is 0 Å². The first kappa shape index (κ1) is 19.0. The molecule has 28 heavy (non-hydrogen) atoms. The Hall–Kier alpha value is -2.35. The molecule has 0 N–H and O–H groups in total. The van der Waals surface area contributed by atoms with Crippen molar-refractivity contribution < 1.29 is 14.2 Å². The summed E-state index contributed by atoms with van der Waals surface area (Å²) in [7, 11) is 1.68. The lowest BCUT2D eigenvalue weighted by Gasteiger charge is -2.37. The largest absolute Gasteiger partial charge is 0.497 e. The number of hydrogen-bond donors (Lipinski definition) is 0. The maximum absolute atomic E-state index is 10.1. The van der Waals surface area contributed by atoms with Crippen molar-refractivity contribution >= 4 is 0 Å². The van der Waals surface area contributed by atoms with Gasteiger partial charge in [0.2, 0.25) is 0 Å². The second-order valence-corrected chi connectivity index (χ2v) is 7.84. The summed E-state index contributed by atoms with van der Waals surface area (Å²) in [5.74, 6) is 1.06. The van der Waals surface area contributed by atoms with Gasteiger partial charge in [-0.2, -0.15) is 5.26 Å². The number of ether oxygens (including phenoxy) is 3. The number of nitrogens with zero attached hydrogens (tertiary/aromatic N) is 1. The Labute approximate surface area is 167 Å². The maximum atomic E-state index is 10.1. The van der Waals surface area contributed by atoms with Gasteiger partial charge in [0.05, 0.1) is 32.3 Å². The van der Waals surface area contributed by atoms with Gasteiger partial charge in [0.1, 0.15) is 5.75 Å². The Morgan fingerprint density at radius 1 is 1.18 bits per heavy atom. The van der Waals surface area contributed by atoms with Crippen LogP contribution in [0.15, 0.2) is 42.5 Å². The highest BCUT2D eigenvalue weighted by molar-refractivity contribution is 5.42. The summed E-state index contributed by atoms with van der Waals surface area (Å²) < 4.78 is 17.2. The first-order valence-corrected chi connectivity index (χ1v) is 10.0. The molecule has 4 rings (SSSR count). The molecule has 4 heteroatoms. The molecule has 1 aliphatic heterocycles. The van der Waals surface area contributed by atoms with Gasteiger partial charge in [-0.1, -0.05) is 35.9 Å². The Kier molecular flexibility index (Phi) is 5.66. The van der Waals surface area contributed by atoms with Crippen LogP contribution in [0.25, 0.3) is 0 Å². The summed E-state index contributed by atoms with van der Waals surface area (Å²) in [6.07, 6.45) is 2.53. The normalized spacial score (nSPS) is 23.0. The summed E-state index contributed by atoms with van der Waals surface area (Å²) in [6, 6.07) is 17.3. The van der Waals surface area contributed by atoms with E-state index in [4.69, 9.17) is 14.2 Å². The second-order valence-electron chi connectivity index (χ2n) is 7.84. The van der Waals surface area contributed by atoms with Crippen molar-refractivity contribution in [1.82, 2.24) is 0 Å². The van der Waals surface area contributed by atoms with Crippen LogP contribution < -0.4 is 4.74 Å². The van der Waals surface area contributed by atoms with Crippen LogP contribution in [-0.2, 0) is 22.3 Å². The van der Waals surface area contributed by atoms with Gasteiger partial charge in [0.15, 0.2) is 6.29 Å². The maximum Gasteiger partial charge on any atom is 0.161 e. The molecule has 3 unspecified atom stereocenters. The molecule has 0 amide bonds. The van der Waals surface area contributed by atoms with Crippen LogP contribution in [0.2, 0.25) is 0 Å². The lowest BCUT2D eigenvalue weighted by Crippen LogP contribution is -2.36. The van der Waals surface area contributed by atoms with Crippen LogP contribution in [0.1, 0.15) is 34.6 Å². The number of fused-ring (bicyclic) bond motifs is 1. The number of rotatable bonds is 5. The monoisotopic (exact) mass is 377 g/mol. The quantitative estimate of drug-likeness (QED) is 0.775. The standard InChI is InChI=1S/C24H27NO3/c1-16-4-3-5-17(12-16)13-22(24-27-10-11-28-24)21-8-6-18-14-19(26-2)7-9-20(18)23(21)15-25/h3-5,7,9,12,14,21-24H,6,8,10-11,13H2,1-2H3. The molecule has 2 aromatic carbocycles. The van der Waals surface area contributed by atoms with Gasteiger partial charge < -0.3 is 14.2 Å². The molecular formula is C24H27NO3.